The molecule has 3 aromatic rings. The number of nitrogens with one attached hydrogen (secondary N) is 2. The van der Waals surface area contributed by atoms with Crippen molar-refractivity contribution in [3.8, 4) is 5.75 Å². The van der Waals surface area contributed by atoms with Gasteiger partial charge in [0, 0.05) is 11.3 Å². The third-order valence-corrected chi connectivity index (χ3v) is 4.70. The number of rotatable bonds is 6. The number of amides is 3. The first-order chi connectivity index (χ1) is 14.9. The fourth-order valence-electron chi connectivity index (χ4n) is 2.70. The Morgan fingerprint density at radius 1 is 0.903 bits per heavy atom. The molecule has 9 heteroatoms. The van der Waals surface area contributed by atoms with Gasteiger partial charge in [0.05, 0.1) is 24.0 Å². The van der Waals surface area contributed by atoms with Crippen molar-refractivity contribution in [3.63, 3.8) is 0 Å². The molecular formula is C22H19N3O5S. The van der Waals surface area contributed by atoms with Crippen molar-refractivity contribution in [1.82, 2.24) is 0 Å². The third-order valence-electron chi connectivity index (χ3n) is 4.29. The number of carboxylic acids is 1. The number of benzene rings is 3. The number of hydrogen-bond acceptors (Lipinski definition) is 5. The predicted molar refractivity (Wildman–Crippen MR) is 121 cm³/mol. The van der Waals surface area contributed by atoms with Gasteiger partial charge in [-0.25, -0.2) is 13.9 Å². The molecule has 8 nitrogen and oxygen atoms in total. The molecule has 0 atom stereocenters. The summed E-state index contributed by atoms with van der Waals surface area (Å²) in [6.45, 7) is 0. The van der Waals surface area contributed by atoms with Crippen LogP contribution in [0, 0.1) is 0 Å². The highest BCUT2D eigenvalue weighted by Crippen LogP contribution is 2.27. The third kappa shape index (κ3) is 5.34. The van der Waals surface area contributed by atoms with Crippen LogP contribution in [-0.4, -0.2) is 30.1 Å². The topological polar surface area (TPSA) is 108 Å². The van der Waals surface area contributed by atoms with Crippen molar-refractivity contribution < 1.29 is 24.2 Å². The monoisotopic (exact) mass is 437 g/mol. The molecule has 0 saturated heterocycles. The van der Waals surface area contributed by atoms with Crippen molar-refractivity contribution in [3.05, 3.63) is 83.9 Å². The Morgan fingerprint density at radius 2 is 1.55 bits per heavy atom. The van der Waals surface area contributed by atoms with Crippen LogP contribution in [0.15, 0.2) is 72.8 Å². The van der Waals surface area contributed by atoms with E-state index in [1.54, 1.807) is 36.4 Å². The fourth-order valence-corrected chi connectivity index (χ4v) is 2.89. The summed E-state index contributed by atoms with van der Waals surface area (Å²) in [5.74, 6) is -1.07. The summed E-state index contributed by atoms with van der Waals surface area (Å²) in [6, 6.07) is 18.6. The minimum Gasteiger partial charge on any atom is -0.495 e. The number of anilines is 3. The molecule has 0 aliphatic carbocycles. The molecule has 3 amide bonds. The molecule has 0 aliphatic heterocycles. The van der Waals surface area contributed by atoms with Crippen molar-refractivity contribution in [2.24, 2.45) is 0 Å². The number of urea groups is 1. The number of carbonyl (C=O) groups excluding carboxylic acids is 2. The summed E-state index contributed by atoms with van der Waals surface area (Å²) in [4.78, 5) is 36.2. The van der Waals surface area contributed by atoms with Crippen molar-refractivity contribution >= 4 is 47.8 Å². The first-order valence-electron chi connectivity index (χ1n) is 9.07. The molecule has 0 radical (unpaired) electrons. The van der Waals surface area contributed by atoms with Gasteiger partial charge >= 0.3 is 12.0 Å². The van der Waals surface area contributed by atoms with Crippen LogP contribution in [0.2, 0.25) is 0 Å². The zero-order valence-electron chi connectivity index (χ0n) is 16.4. The maximum Gasteiger partial charge on any atom is 0.336 e. The van der Waals surface area contributed by atoms with Crippen molar-refractivity contribution in [2.75, 3.05) is 22.0 Å². The van der Waals surface area contributed by atoms with E-state index in [1.165, 1.54) is 37.4 Å². The molecule has 3 aromatic carbocycles. The second kappa shape index (κ2) is 9.68. The lowest BCUT2D eigenvalue weighted by Gasteiger charge is -2.18. The Hall–Kier alpha value is -3.98. The van der Waals surface area contributed by atoms with Crippen LogP contribution in [0.5, 0.6) is 5.75 Å². The van der Waals surface area contributed by atoms with Gasteiger partial charge in [-0.05, 0) is 54.6 Å². The number of aromatic carboxylic acids is 1. The summed E-state index contributed by atoms with van der Waals surface area (Å²) < 4.78 is 6.29. The minimum atomic E-state index is -1.07. The average Bonchev–Trinajstić information content (AvgIpc) is 2.79. The Kier molecular flexibility index (Phi) is 6.78. The van der Waals surface area contributed by atoms with Gasteiger partial charge in [-0.3, -0.25) is 4.79 Å². The summed E-state index contributed by atoms with van der Waals surface area (Å²) in [5.41, 5.74) is 1.68. The van der Waals surface area contributed by atoms with Crippen LogP contribution in [0.25, 0.3) is 0 Å². The van der Waals surface area contributed by atoms with E-state index < -0.39 is 12.0 Å². The predicted octanol–water partition coefficient (Wildman–Crippen LogP) is 4.53. The van der Waals surface area contributed by atoms with Crippen molar-refractivity contribution in [2.45, 2.75) is 0 Å². The minimum absolute atomic E-state index is 0.0877. The number of carbonyl (C=O) groups is 3. The first-order valence-corrected chi connectivity index (χ1v) is 9.47. The number of carboxylic acid groups (broad SMARTS) is 1. The van der Waals surface area contributed by atoms with E-state index in [-0.39, 0.29) is 17.2 Å². The molecule has 158 valence electrons. The molecule has 0 aromatic heterocycles. The Morgan fingerprint density at radius 3 is 2.16 bits per heavy atom. The van der Waals surface area contributed by atoms with Crippen LogP contribution >= 0.6 is 12.8 Å². The number of thiol groups is 1. The van der Waals surface area contributed by atoms with Crippen LogP contribution < -0.4 is 19.7 Å². The molecule has 0 fully saturated rings. The Bertz CT molecular complexity index is 1100. The maximum absolute atomic E-state index is 12.6. The summed E-state index contributed by atoms with van der Waals surface area (Å²) in [6.07, 6.45) is 0. The Balaban J connectivity index is 1.77. The van der Waals surface area contributed by atoms with Gasteiger partial charge in [-0.2, -0.15) is 0 Å². The summed E-state index contributed by atoms with van der Waals surface area (Å²) >= 11 is 4.18. The highest BCUT2D eigenvalue weighted by Gasteiger charge is 2.17. The molecule has 3 rings (SSSR count). The number of nitrogens with zero attached hydrogens (tertiary/aromatic N) is 1. The SMILES string of the molecule is COc1ccc(C(=O)Nc2ccccc2)cc1NC(=O)N(S)c1ccc(C(=O)O)cc1. The molecule has 0 aliphatic rings. The largest absolute Gasteiger partial charge is 0.495 e. The molecule has 0 bridgehead atoms. The molecule has 0 heterocycles. The van der Waals surface area contributed by atoms with Crippen molar-refractivity contribution in [1.29, 1.82) is 0 Å². The fraction of sp³-hybridized carbons (Fsp3) is 0.0455. The van der Waals surface area contributed by atoms with E-state index in [1.807, 2.05) is 6.07 Å². The summed E-state index contributed by atoms with van der Waals surface area (Å²) in [7, 11) is 1.44. The lowest BCUT2D eigenvalue weighted by Crippen LogP contribution is -2.27. The zero-order chi connectivity index (χ0) is 22.4. The van der Waals surface area contributed by atoms with Gasteiger partial charge in [0.25, 0.3) is 5.91 Å². The molecule has 0 spiro atoms. The maximum atomic E-state index is 12.6. The standard InChI is InChI=1S/C22H19N3O5S/c1-30-19-12-9-15(20(26)23-16-5-3-2-4-6-16)13-18(19)24-22(29)25(31)17-10-7-14(8-11-17)21(27)28/h2-13,31H,1H3,(H,23,26)(H,24,29)(H,27,28). The molecule has 0 saturated carbocycles. The van der Waals surface area contributed by atoms with Gasteiger partial charge in [0.15, 0.2) is 0 Å². The van der Waals surface area contributed by atoms with E-state index in [4.69, 9.17) is 9.84 Å². The van der Waals surface area contributed by atoms with Crippen LogP contribution in [0.1, 0.15) is 20.7 Å². The van der Waals surface area contributed by atoms with E-state index in [2.05, 4.69) is 23.4 Å². The number of methoxy groups -OCH3 is 1. The van der Waals surface area contributed by atoms with Gasteiger partial charge in [0.2, 0.25) is 0 Å². The smallest absolute Gasteiger partial charge is 0.336 e. The molecular weight excluding hydrogens is 418 g/mol. The lowest BCUT2D eigenvalue weighted by atomic mass is 10.1. The van der Waals surface area contributed by atoms with Gasteiger partial charge in [0.1, 0.15) is 5.75 Å². The lowest BCUT2D eigenvalue weighted by molar-refractivity contribution is 0.0696. The van der Waals surface area contributed by atoms with Gasteiger partial charge in [-0.1, -0.05) is 31.0 Å². The number of ether oxygens (including phenoxy) is 1. The molecule has 3 N–H and O–H groups in total. The molecule has 0 unspecified atom stereocenters. The van der Waals surface area contributed by atoms with E-state index in [0.717, 1.165) is 4.31 Å². The van der Waals surface area contributed by atoms with Gasteiger partial charge < -0.3 is 20.5 Å². The molecule has 31 heavy (non-hydrogen) atoms. The van der Waals surface area contributed by atoms with Crippen LogP contribution in [0.4, 0.5) is 21.9 Å². The quantitative estimate of drug-likeness (QED) is 0.424. The Labute approximate surface area is 184 Å². The second-order valence-electron chi connectivity index (χ2n) is 6.33. The van der Waals surface area contributed by atoms with E-state index >= 15 is 0 Å². The highest BCUT2D eigenvalue weighted by molar-refractivity contribution is 7.82. The van der Waals surface area contributed by atoms with Crippen LogP contribution in [-0.2, 0) is 0 Å². The van der Waals surface area contributed by atoms with Gasteiger partial charge in [-0.15, -0.1) is 0 Å². The first kappa shape index (κ1) is 21.7. The number of para-hydroxylation sites is 1. The van der Waals surface area contributed by atoms with E-state index in [9.17, 15) is 14.4 Å². The highest BCUT2D eigenvalue weighted by atomic mass is 32.1. The van der Waals surface area contributed by atoms with Crippen LogP contribution in [0.3, 0.4) is 0 Å². The zero-order valence-corrected chi connectivity index (χ0v) is 17.3. The number of hydrogen-bond donors (Lipinski definition) is 4. The average molecular weight is 437 g/mol. The second-order valence-corrected chi connectivity index (χ2v) is 6.73. The summed E-state index contributed by atoms with van der Waals surface area (Å²) in [5, 5.41) is 14.4. The normalized spacial score (nSPS) is 10.1. The van der Waals surface area contributed by atoms with E-state index in [0.29, 0.717) is 22.7 Å².